The highest BCUT2D eigenvalue weighted by Gasteiger charge is 2.44. The van der Waals surface area contributed by atoms with E-state index < -0.39 is 5.54 Å². The first-order chi connectivity index (χ1) is 12.3. The van der Waals surface area contributed by atoms with Crippen molar-refractivity contribution in [2.24, 2.45) is 0 Å². The Kier molecular flexibility index (Phi) is 4.91. The predicted octanol–water partition coefficient (Wildman–Crippen LogP) is 2.51. The Morgan fingerprint density at radius 3 is 2.65 bits per heavy atom. The molecule has 140 valence electrons. The molecule has 2 amide bonds. The fourth-order valence-electron chi connectivity index (χ4n) is 3.56. The van der Waals surface area contributed by atoms with Crippen LogP contribution in [0.2, 0.25) is 0 Å². The number of nitrogens with zero attached hydrogens (tertiary/aromatic N) is 3. The second-order valence-electron chi connectivity index (χ2n) is 7.50. The van der Waals surface area contributed by atoms with E-state index in [0.717, 1.165) is 29.2 Å². The molecule has 3 rings (SSSR count). The zero-order valence-electron chi connectivity index (χ0n) is 16.1. The molecule has 26 heavy (non-hydrogen) atoms. The van der Waals surface area contributed by atoms with Crippen LogP contribution in [0.15, 0.2) is 30.3 Å². The van der Waals surface area contributed by atoms with Gasteiger partial charge in [-0.05, 0) is 33.5 Å². The molecule has 2 aromatic rings. The molecule has 7 heteroatoms. The van der Waals surface area contributed by atoms with Gasteiger partial charge in [0.2, 0.25) is 0 Å². The summed E-state index contributed by atoms with van der Waals surface area (Å²) in [4.78, 5) is 17.1. The van der Waals surface area contributed by atoms with Crippen LogP contribution in [0, 0.1) is 0 Å². The largest absolute Gasteiger partial charge is 0.371 e. The first kappa shape index (κ1) is 18.3. The van der Waals surface area contributed by atoms with Crippen LogP contribution in [0.1, 0.15) is 36.7 Å². The predicted molar refractivity (Wildman–Crippen MR) is 103 cm³/mol. The third-order valence-electron chi connectivity index (χ3n) is 5.00. The lowest BCUT2D eigenvalue weighted by Crippen LogP contribution is -2.48. The summed E-state index contributed by atoms with van der Waals surface area (Å²) in [5.74, 6) is 0.802. The van der Waals surface area contributed by atoms with Gasteiger partial charge < -0.3 is 20.4 Å². The summed E-state index contributed by atoms with van der Waals surface area (Å²) >= 11 is 0. The number of rotatable bonds is 5. The van der Waals surface area contributed by atoms with Gasteiger partial charge in [0.05, 0.1) is 23.8 Å². The third kappa shape index (κ3) is 3.26. The van der Waals surface area contributed by atoms with Gasteiger partial charge in [-0.1, -0.05) is 30.3 Å². The Labute approximate surface area is 154 Å². The van der Waals surface area contributed by atoms with Crippen LogP contribution in [-0.2, 0) is 12.1 Å². The normalized spacial score (nSPS) is 16.5. The van der Waals surface area contributed by atoms with E-state index in [1.165, 1.54) is 0 Å². The topological polar surface area (TPSA) is 76.3 Å². The molecule has 2 heterocycles. The first-order valence-corrected chi connectivity index (χ1v) is 8.88. The van der Waals surface area contributed by atoms with E-state index in [1.54, 1.807) is 0 Å². The van der Waals surface area contributed by atoms with Crippen LogP contribution in [-0.4, -0.2) is 53.7 Å². The molecule has 0 saturated carbocycles. The second-order valence-corrected chi connectivity index (χ2v) is 7.50. The standard InChI is InChI=1S/C19H28N6O/c1-19(2)16-14(17(20-3)23-22-16)11-25(19)18(26)21-15(12-24(4)5)13-9-7-6-8-10-13/h6-10,15H,11-12H2,1-5H3,(H,21,26)(H2,20,22,23). The minimum atomic E-state index is -0.444. The van der Waals surface area contributed by atoms with Gasteiger partial charge in [-0.25, -0.2) is 4.79 Å². The Hall–Kier alpha value is -2.54. The average Bonchev–Trinajstić information content (AvgIpc) is 3.13. The Morgan fingerprint density at radius 2 is 2.04 bits per heavy atom. The van der Waals surface area contributed by atoms with Gasteiger partial charge in [0.1, 0.15) is 0 Å². The molecule has 0 aliphatic carbocycles. The number of nitrogens with one attached hydrogen (secondary N) is 3. The van der Waals surface area contributed by atoms with Gasteiger partial charge in [-0.3, -0.25) is 5.10 Å². The maximum atomic E-state index is 13.1. The number of H-pyrrole nitrogens is 1. The van der Waals surface area contributed by atoms with Crippen molar-refractivity contribution in [3.8, 4) is 0 Å². The molecular weight excluding hydrogens is 328 g/mol. The van der Waals surface area contributed by atoms with E-state index in [0.29, 0.717) is 6.54 Å². The molecule has 0 saturated heterocycles. The lowest BCUT2D eigenvalue weighted by Gasteiger charge is -2.34. The van der Waals surface area contributed by atoms with Crippen LogP contribution in [0.5, 0.6) is 0 Å². The maximum Gasteiger partial charge on any atom is 0.319 e. The van der Waals surface area contributed by atoms with E-state index in [9.17, 15) is 4.79 Å². The lowest BCUT2D eigenvalue weighted by molar-refractivity contribution is 0.138. The minimum Gasteiger partial charge on any atom is -0.371 e. The maximum absolute atomic E-state index is 13.1. The van der Waals surface area contributed by atoms with Crippen molar-refractivity contribution in [1.82, 2.24) is 25.3 Å². The summed E-state index contributed by atoms with van der Waals surface area (Å²) in [5, 5.41) is 13.7. The highest BCUT2D eigenvalue weighted by atomic mass is 16.2. The molecule has 3 N–H and O–H groups in total. The number of aromatic nitrogens is 2. The van der Waals surface area contributed by atoms with Crippen molar-refractivity contribution >= 4 is 11.8 Å². The molecule has 1 atom stereocenters. The van der Waals surface area contributed by atoms with Crippen molar-refractivity contribution in [3.05, 3.63) is 47.2 Å². The number of hydrogen-bond donors (Lipinski definition) is 3. The number of fused-ring (bicyclic) bond motifs is 1. The van der Waals surface area contributed by atoms with Crippen molar-refractivity contribution < 1.29 is 4.79 Å². The Balaban J connectivity index is 1.81. The van der Waals surface area contributed by atoms with Gasteiger partial charge in [0, 0.05) is 19.2 Å². The number of carbonyl (C=O) groups is 1. The summed E-state index contributed by atoms with van der Waals surface area (Å²) in [5.41, 5.74) is 2.70. The zero-order valence-corrected chi connectivity index (χ0v) is 16.1. The van der Waals surface area contributed by atoms with Crippen molar-refractivity contribution in [2.75, 3.05) is 33.0 Å². The lowest BCUT2D eigenvalue weighted by atomic mass is 10.0. The Morgan fingerprint density at radius 1 is 1.35 bits per heavy atom. The number of hydrogen-bond acceptors (Lipinski definition) is 4. The number of likely N-dealkylation sites (N-methyl/N-ethyl adjacent to an activating group) is 1. The highest BCUT2D eigenvalue weighted by Crippen LogP contribution is 2.40. The first-order valence-electron chi connectivity index (χ1n) is 8.88. The van der Waals surface area contributed by atoms with Gasteiger partial charge >= 0.3 is 6.03 Å². The number of anilines is 1. The van der Waals surface area contributed by atoms with Crippen LogP contribution in [0.25, 0.3) is 0 Å². The minimum absolute atomic E-state index is 0.0719. The number of aromatic amines is 1. The third-order valence-corrected chi connectivity index (χ3v) is 5.00. The SMILES string of the molecule is CNc1n[nH]c2c1CN(C(=O)NC(CN(C)C)c1ccccc1)C2(C)C. The van der Waals surface area contributed by atoms with Crippen molar-refractivity contribution in [1.29, 1.82) is 0 Å². The van der Waals surface area contributed by atoms with Crippen LogP contribution in [0.4, 0.5) is 10.6 Å². The average molecular weight is 356 g/mol. The zero-order chi connectivity index (χ0) is 18.9. The molecule has 0 fully saturated rings. The number of benzene rings is 1. The van der Waals surface area contributed by atoms with E-state index in [4.69, 9.17) is 0 Å². The molecule has 1 aromatic carbocycles. The van der Waals surface area contributed by atoms with Gasteiger partial charge in [0.25, 0.3) is 0 Å². The number of carbonyl (C=O) groups excluding carboxylic acids is 1. The van der Waals surface area contributed by atoms with Gasteiger partial charge in [0.15, 0.2) is 5.82 Å². The molecular formula is C19H28N6O. The molecule has 1 aromatic heterocycles. The summed E-state index contributed by atoms with van der Waals surface area (Å²) in [6.07, 6.45) is 0. The van der Waals surface area contributed by atoms with Crippen LogP contribution >= 0.6 is 0 Å². The number of urea groups is 1. The van der Waals surface area contributed by atoms with E-state index in [1.807, 2.05) is 58.1 Å². The highest BCUT2D eigenvalue weighted by molar-refractivity contribution is 5.77. The monoisotopic (exact) mass is 356 g/mol. The van der Waals surface area contributed by atoms with E-state index in [-0.39, 0.29) is 12.1 Å². The van der Waals surface area contributed by atoms with E-state index >= 15 is 0 Å². The van der Waals surface area contributed by atoms with Gasteiger partial charge in [-0.2, -0.15) is 5.10 Å². The molecule has 0 spiro atoms. The second kappa shape index (κ2) is 6.99. The summed E-state index contributed by atoms with van der Waals surface area (Å²) in [6, 6.07) is 9.94. The summed E-state index contributed by atoms with van der Waals surface area (Å²) < 4.78 is 0. The molecule has 0 bridgehead atoms. The molecule has 1 unspecified atom stereocenters. The Bertz CT molecular complexity index is 768. The van der Waals surface area contributed by atoms with E-state index in [2.05, 4.69) is 37.9 Å². The fraction of sp³-hybridized carbons (Fsp3) is 0.474. The molecule has 7 nitrogen and oxygen atoms in total. The summed E-state index contributed by atoms with van der Waals surface area (Å²) in [7, 11) is 5.86. The van der Waals surface area contributed by atoms with Gasteiger partial charge in [-0.15, -0.1) is 0 Å². The van der Waals surface area contributed by atoms with Crippen LogP contribution < -0.4 is 10.6 Å². The van der Waals surface area contributed by atoms with Crippen LogP contribution in [0.3, 0.4) is 0 Å². The fourth-order valence-corrected chi connectivity index (χ4v) is 3.56. The molecule has 1 aliphatic rings. The smallest absolute Gasteiger partial charge is 0.319 e. The molecule has 0 radical (unpaired) electrons. The quantitative estimate of drug-likeness (QED) is 0.769. The van der Waals surface area contributed by atoms with Crippen molar-refractivity contribution in [2.45, 2.75) is 32.0 Å². The van der Waals surface area contributed by atoms with Crippen molar-refractivity contribution in [3.63, 3.8) is 0 Å². The summed E-state index contributed by atoms with van der Waals surface area (Å²) in [6.45, 7) is 5.35. The number of amides is 2. The molecule has 1 aliphatic heterocycles.